The Morgan fingerprint density at radius 3 is 2.60 bits per heavy atom. The number of benzene rings is 2. The standard InChI is InChI=1S/C16H14BrCl2F/c17-16-5-4-15(20)9-13(16)7-12(10-18)6-11-2-1-3-14(19)8-11/h1-5,8-9,12H,6-7,10H2. The normalized spacial score (nSPS) is 12.4. The van der Waals surface area contributed by atoms with Crippen LogP contribution in [0.2, 0.25) is 5.02 Å². The molecule has 0 amide bonds. The van der Waals surface area contributed by atoms with Crippen molar-refractivity contribution in [1.29, 1.82) is 0 Å². The first-order valence-corrected chi connectivity index (χ1v) is 8.03. The molecule has 2 aromatic rings. The summed E-state index contributed by atoms with van der Waals surface area (Å²) in [5.41, 5.74) is 2.09. The van der Waals surface area contributed by atoms with Gasteiger partial charge in [0.2, 0.25) is 0 Å². The molecule has 0 spiro atoms. The van der Waals surface area contributed by atoms with Crippen LogP contribution < -0.4 is 0 Å². The third-order valence-corrected chi connectivity index (χ3v) is 4.59. The van der Waals surface area contributed by atoms with Crippen LogP contribution in [0.25, 0.3) is 0 Å². The van der Waals surface area contributed by atoms with Gasteiger partial charge in [0.25, 0.3) is 0 Å². The molecule has 0 radical (unpaired) electrons. The first kappa shape index (κ1) is 15.8. The Balaban J connectivity index is 2.11. The van der Waals surface area contributed by atoms with E-state index in [2.05, 4.69) is 15.9 Å². The van der Waals surface area contributed by atoms with Crippen molar-refractivity contribution in [3.05, 3.63) is 68.9 Å². The van der Waals surface area contributed by atoms with Crippen molar-refractivity contribution >= 4 is 39.1 Å². The van der Waals surface area contributed by atoms with Gasteiger partial charge in [-0.2, -0.15) is 0 Å². The lowest BCUT2D eigenvalue weighted by atomic mass is 9.94. The number of hydrogen-bond acceptors (Lipinski definition) is 0. The average Bonchev–Trinajstić information content (AvgIpc) is 2.42. The maximum Gasteiger partial charge on any atom is 0.123 e. The van der Waals surface area contributed by atoms with Crippen LogP contribution in [-0.2, 0) is 12.8 Å². The average molecular weight is 376 g/mol. The molecule has 20 heavy (non-hydrogen) atoms. The van der Waals surface area contributed by atoms with Gasteiger partial charge in [-0.3, -0.25) is 0 Å². The minimum Gasteiger partial charge on any atom is -0.207 e. The van der Waals surface area contributed by atoms with Crippen LogP contribution in [0.3, 0.4) is 0 Å². The second kappa shape index (κ2) is 7.44. The van der Waals surface area contributed by atoms with Gasteiger partial charge in [0.15, 0.2) is 0 Å². The topological polar surface area (TPSA) is 0 Å². The molecular formula is C16H14BrCl2F. The molecule has 0 saturated carbocycles. The molecule has 0 saturated heterocycles. The van der Waals surface area contributed by atoms with Gasteiger partial charge in [-0.1, -0.05) is 39.7 Å². The van der Waals surface area contributed by atoms with Crippen molar-refractivity contribution in [3.8, 4) is 0 Å². The molecule has 106 valence electrons. The molecule has 2 rings (SSSR count). The zero-order valence-corrected chi connectivity index (χ0v) is 13.8. The van der Waals surface area contributed by atoms with Crippen molar-refractivity contribution < 1.29 is 4.39 Å². The van der Waals surface area contributed by atoms with Crippen molar-refractivity contribution in [3.63, 3.8) is 0 Å². The predicted molar refractivity (Wildman–Crippen MR) is 87.2 cm³/mol. The molecule has 0 fully saturated rings. The van der Waals surface area contributed by atoms with E-state index < -0.39 is 0 Å². The van der Waals surface area contributed by atoms with Crippen LogP contribution in [0.5, 0.6) is 0 Å². The Bertz CT molecular complexity index is 586. The molecule has 0 aliphatic carbocycles. The van der Waals surface area contributed by atoms with Crippen molar-refractivity contribution in [2.24, 2.45) is 5.92 Å². The summed E-state index contributed by atoms with van der Waals surface area (Å²) in [6.07, 6.45) is 1.56. The fraction of sp³-hybridized carbons (Fsp3) is 0.250. The van der Waals surface area contributed by atoms with Gasteiger partial charge < -0.3 is 0 Å². The Morgan fingerprint density at radius 1 is 1.10 bits per heavy atom. The highest BCUT2D eigenvalue weighted by atomic mass is 79.9. The van der Waals surface area contributed by atoms with Crippen LogP contribution in [0.1, 0.15) is 11.1 Å². The second-order valence-electron chi connectivity index (χ2n) is 4.79. The van der Waals surface area contributed by atoms with E-state index in [1.807, 2.05) is 24.3 Å². The van der Waals surface area contributed by atoms with Crippen molar-refractivity contribution in [2.75, 3.05) is 5.88 Å². The molecule has 0 aliphatic rings. The summed E-state index contributed by atoms with van der Waals surface area (Å²) in [6.45, 7) is 0. The van der Waals surface area contributed by atoms with Crippen LogP contribution in [-0.4, -0.2) is 5.88 Å². The highest BCUT2D eigenvalue weighted by Gasteiger charge is 2.12. The Morgan fingerprint density at radius 2 is 1.90 bits per heavy atom. The lowest BCUT2D eigenvalue weighted by Gasteiger charge is -2.15. The number of alkyl halides is 1. The zero-order chi connectivity index (χ0) is 14.5. The first-order chi connectivity index (χ1) is 9.58. The van der Waals surface area contributed by atoms with E-state index in [1.54, 1.807) is 12.1 Å². The summed E-state index contributed by atoms with van der Waals surface area (Å²) in [5, 5.41) is 0.725. The first-order valence-electron chi connectivity index (χ1n) is 6.33. The smallest absolute Gasteiger partial charge is 0.123 e. The van der Waals surface area contributed by atoms with E-state index in [0.29, 0.717) is 5.88 Å². The van der Waals surface area contributed by atoms with Gasteiger partial charge in [0, 0.05) is 15.4 Å². The molecule has 1 unspecified atom stereocenters. The highest BCUT2D eigenvalue weighted by molar-refractivity contribution is 9.10. The van der Waals surface area contributed by atoms with E-state index in [-0.39, 0.29) is 11.7 Å². The minimum atomic E-state index is -0.223. The quantitative estimate of drug-likeness (QED) is 0.572. The lowest BCUT2D eigenvalue weighted by molar-refractivity contribution is 0.575. The maximum atomic E-state index is 13.3. The van der Waals surface area contributed by atoms with Crippen molar-refractivity contribution in [1.82, 2.24) is 0 Å². The molecule has 4 heteroatoms. The van der Waals surface area contributed by atoms with Crippen LogP contribution in [0.4, 0.5) is 4.39 Å². The van der Waals surface area contributed by atoms with E-state index in [1.165, 1.54) is 6.07 Å². The van der Waals surface area contributed by atoms with Gasteiger partial charge >= 0.3 is 0 Å². The fourth-order valence-electron chi connectivity index (χ4n) is 2.19. The molecule has 0 nitrogen and oxygen atoms in total. The highest BCUT2D eigenvalue weighted by Crippen LogP contribution is 2.24. The second-order valence-corrected chi connectivity index (χ2v) is 6.39. The molecular weight excluding hydrogens is 362 g/mol. The summed E-state index contributed by atoms with van der Waals surface area (Å²) in [5.74, 6) is 0.544. The molecule has 2 aromatic carbocycles. The number of rotatable bonds is 5. The minimum absolute atomic E-state index is 0.223. The van der Waals surface area contributed by atoms with Gasteiger partial charge in [0.05, 0.1) is 0 Å². The number of hydrogen-bond donors (Lipinski definition) is 0. The maximum absolute atomic E-state index is 13.3. The Labute approximate surface area is 137 Å². The molecule has 0 heterocycles. The summed E-state index contributed by atoms with van der Waals surface area (Å²) >= 11 is 15.5. The molecule has 0 aromatic heterocycles. The molecule has 0 aliphatic heterocycles. The van der Waals surface area contributed by atoms with Crippen LogP contribution in [0, 0.1) is 11.7 Å². The number of halogens is 4. The SMILES string of the molecule is Fc1ccc(Br)c(CC(CCl)Cc2cccc(Cl)c2)c1. The summed E-state index contributed by atoms with van der Waals surface area (Å²) in [4.78, 5) is 0. The largest absolute Gasteiger partial charge is 0.207 e. The van der Waals surface area contributed by atoms with Crippen LogP contribution >= 0.6 is 39.1 Å². The third kappa shape index (κ3) is 4.47. The zero-order valence-electron chi connectivity index (χ0n) is 10.8. The Kier molecular flexibility index (Phi) is 5.88. The van der Waals surface area contributed by atoms with E-state index in [4.69, 9.17) is 23.2 Å². The lowest BCUT2D eigenvalue weighted by Crippen LogP contribution is -2.10. The third-order valence-electron chi connectivity index (χ3n) is 3.15. The van der Waals surface area contributed by atoms with E-state index >= 15 is 0 Å². The molecule has 0 N–H and O–H groups in total. The molecule has 0 bridgehead atoms. The predicted octanol–water partition coefficient (Wildman–Crippen LogP) is 5.88. The summed E-state index contributed by atoms with van der Waals surface area (Å²) < 4.78 is 14.2. The summed E-state index contributed by atoms with van der Waals surface area (Å²) in [7, 11) is 0. The molecule has 1 atom stereocenters. The Hall–Kier alpha value is -0.570. The van der Waals surface area contributed by atoms with Crippen molar-refractivity contribution in [2.45, 2.75) is 12.8 Å². The van der Waals surface area contributed by atoms with Gasteiger partial charge in [0.1, 0.15) is 5.82 Å². The van der Waals surface area contributed by atoms with Crippen LogP contribution in [0.15, 0.2) is 46.9 Å². The van der Waals surface area contributed by atoms with E-state index in [9.17, 15) is 4.39 Å². The van der Waals surface area contributed by atoms with Gasteiger partial charge in [-0.25, -0.2) is 4.39 Å². The summed E-state index contributed by atoms with van der Waals surface area (Å²) in [6, 6.07) is 12.5. The van der Waals surface area contributed by atoms with E-state index in [0.717, 1.165) is 33.5 Å². The fourth-order valence-corrected chi connectivity index (χ4v) is 3.03. The monoisotopic (exact) mass is 374 g/mol. The van der Waals surface area contributed by atoms with Gasteiger partial charge in [-0.05, 0) is 60.2 Å². The van der Waals surface area contributed by atoms with Gasteiger partial charge in [-0.15, -0.1) is 11.6 Å².